The molecule has 0 radical (unpaired) electrons. The highest BCUT2D eigenvalue weighted by atomic mass is 16.4. The molecule has 0 unspecified atom stereocenters. The van der Waals surface area contributed by atoms with E-state index in [1.807, 2.05) is 0 Å². The Kier molecular flexibility index (Phi) is 2.04. The van der Waals surface area contributed by atoms with Crippen molar-refractivity contribution in [1.29, 1.82) is 0 Å². The van der Waals surface area contributed by atoms with Crippen LogP contribution in [0.2, 0.25) is 0 Å². The highest BCUT2D eigenvalue weighted by molar-refractivity contribution is 5.86. The Hall–Kier alpha value is -1.71. The Labute approximate surface area is 80.6 Å². The van der Waals surface area contributed by atoms with Gasteiger partial charge in [-0.1, -0.05) is 6.07 Å². The molecule has 0 aliphatic heterocycles. The van der Waals surface area contributed by atoms with Crippen LogP contribution in [0.4, 0.5) is 0 Å². The summed E-state index contributed by atoms with van der Waals surface area (Å²) in [5, 5.41) is 8.71. The van der Waals surface area contributed by atoms with Crippen LogP contribution < -0.4 is 0 Å². The third-order valence-electron chi connectivity index (χ3n) is 2.32. The monoisotopic (exact) mass is 191 g/mol. The summed E-state index contributed by atoms with van der Waals surface area (Å²) < 4.78 is 0. The van der Waals surface area contributed by atoms with Gasteiger partial charge in [0.05, 0.1) is 0 Å². The van der Waals surface area contributed by atoms with Gasteiger partial charge in [-0.15, -0.1) is 0 Å². The lowest BCUT2D eigenvalue weighted by Gasteiger charge is -2.13. The van der Waals surface area contributed by atoms with Crippen molar-refractivity contribution in [1.82, 2.24) is 4.98 Å². The number of hydrogen-bond donors (Lipinski definition) is 1. The van der Waals surface area contributed by atoms with Gasteiger partial charge < -0.3 is 5.11 Å². The van der Waals surface area contributed by atoms with Crippen molar-refractivity contribution < 1.29 is 14.7 Å². The molecule has 1 N–H and O–H groups in total. The molecule has 0 spiro atoms. The summed E-state index contributed by atoms with van der Waals surface area (Å²) in [6.45, 7) is 0. The number of aromatic carboxylic acids is 1. The molecule has 14 heavy (non-hydrogen) atoms. The molecule has 1 heterocycles. The molecule has 1 aliphatic carbocycles. The summed E-state index contributed by atoms with van der Waals surface area (Å²) in [6, 6.07) is 3.13. The summed E-state index contributed by atoms with van der Waals surface area (Å²) in [5.74, 6) is -0.827. The van der Waals surface area contributed by atoms with E-state index in [9.17, 15) is 9.59 Å². The highest BCUT2D eigenvalue weighted by Crippen LogP contribution is 2.17. The third kappa shape index (κ3) is 1.51. The van der Waals surface area contributed by atoms with E-state index in [-0.39, 0.29) is 11.5 Å². The quantitative estimate of drug-likeness (QED) is 0.714. The lowest BCUT2D eigenvalue weighted by Crippen LogP contribution is -2.16. The van der Waals surface area contributed by atoms with Crippen molar-refractivity contribution in [2.45, 2.75) is 19.3 Å². The van der Waals surface area contributed by atoms with Crippen LogP contribution in [0.3, 0.4) is 0 Å². The second kappa shape index (κ2) is 3.21. The van der Waals surface area contributed by atoms with Crippen LogP contribution in [0.15, 0.2) is 12.1 Å². The van der Waals surface area contributed by atoms with E-state index in [0.29, 0.717) is 19.3 Å². The Morgan fingerprint density at radius 1 is 1.36 bits per heavy atom. The second-order valence-corrected chi connectivity index (χ2v) is 3.32. The average Bonchev–Trinajstić information content (AvgIpc) is 2.16. The smallest absolute Gasteiger partial charge is 0.354 e. The molecule has 2 rings (SSSR count). The van der Waals surface area contributed by atoms with Gasteiger partial charge in [0.2, 0.25) is 0 Å². The average molecular weight is 191 g/mol. The van der Waals surface area contributed by atoms with Crippen molar-refractivity contribution in [3.05, 3.63) is 29.1 Å². The molecular formula is C10H9NO3. The Balaban J connectivity index is 2.41. The van der Waals surface area contributed by atoms with E-state index in [4.69, 9.17) is 5.11 Å². The minimum Gasteiger partial charge on any atom is -0.477 e. The van der Waals surface area contributed by atoms with Crippen molar-refractivity contribution >= 4 is 11.8 Å². The third-order valence-corrected chi connectivity index (χ3v) is 2.32. The number of carboxylic acid groups (broad SMARTS) is 1. The fourth-order valence-electron chi connectivity index (χ4n) is 1.59. The van der Waals surface area contributed by atoms with Gasteiger partial charge in [0.1, 0.15) is 11.5 Å². The molecule has 0 aromatic carbocycles. The molecule has 0 saturated heterocycles. The van der Waals surface area contributed by atoms with Crippen LogP contribution in [-0.2, 0) is 17.6 Å². The minimum atomic E-state index is -1.02. The van der Waals surface area contributed by atoms with Crippen molar-refractivity contribution in [2.75, 3.05) is 0 Å². The highest BCUT2D eigenvalue weighted by Gasteiger charge is 2.18. The van der Waals surface area contributed by atoms with Gasteiger partial charge in [-0.2, -0.15) is 0 Å². The molecule has 1 aromatic rings. The van der Waals surface area contributed by atoms with Gasteiger partial charge in [-0.05, 0) is 18.1 Å². The number of fused-ring (bicyclic) bond motifs is 1. The molecule has 0 fully saturated rings. The number of carbonyl (C=O) groups is 2. The van der Waals surface area contributed by atoms with Crippen molar-refractivity contribution in [3.8, 4) is 0 Å². The van der Waals surface area contributed by atoms with Gasteiger partial charge in [-0.25, -0.2) is 9.78 Å². The predicted octanol–water partition coefficient (Wildman–Crippen LogP) is 0.838. The summed E-state index contributed by atoms with van der Waals surface area (Å²) in [7, 11) is 0. The minimum absolute atomic E-state index is 0.0538. The molecule has 1 aliphatic rings. The molecule has 72 valence electrons. The topological polar surface area (TPSA) is 67.3 Å². The maximum Gasteiger partial charge on any atom is 0.354 e. The molecule has 1 aromatic heterocycles. The first-order valence-corrected chi connectivity index (χ1v) is 4.40. The van der Waals surface area contributed by atoms with Crippen LogP contribution >= 0.6 is 0 Å². The van der Waals surface area contributed by atoms with E-state index >= 15 is 0 Å². The van der Waals surface area contributed by atoms with Gasteiger partial charge in [-0.3, -0.25) is 4.79 Å². The van der Waals surface area contributed by atoms with Crippen molar-refractivity contribution in [2.24, 2.45) is 0 Å². The molecule has 0 amide bonds. The number of ketones is 1. The zero-order valence-corrected chi connectivity index (χ0v) is 7.49. The first kappa shape index (κ1) is 8.87. The molecule has 4 heteroatoms. The second-order valence-electron chi connectivity index (χ2n) is 3.32. The molecule has 0 saturated carbocycles. The fourth-order valence-corrected chi connectivity index (χ4v) is 1.59. The number of aromatic nitrogens is 1. The fraction of sp³-hybridized carbons (Fsp3) is 0.300. The number of aryl methyl sites for hydroxylation is 1. The van der Waals surface area contributed by atoms with E-state index in [2.05, 4.69) is 4.98 Å². The lowest BCUT2D eigenvalue weighted by atomic mass is 9.95. The predicted molar refractivity (Wildman–Crippen MR) is 48.2 cm³/mol. The van der Waals surface area contributed by atoms with Gasteiger partial charge in [0.25, 0.3) is 0 Å². The van der Waals surface area contributed by atoms with E-state index < -0.39 is 5.97 Å². The van der Waals surface area contributed by atoms with Crippen LogP contribution in [0.1, 0.15) is 28.2 Å². The summed E-state index contributed by atoms with van der Waals surface area (Å²) >= 11 is 0. The number of nitrogens with zero attached hydrogens (tertiary/aromatic N) is 1. The van der Waals surface area contributed by atoms with Gasteiger partial charge in [0.15, 0.2) is 0 Å². The number of rotatable bonds is 1. The molecule has 0 atom stereocenters. The number of hydrogen-bond acceptors (Lipinski definition) is 3. The first-order chi connectivity index (χ1) is 6.66. The summed E-state index contributed by atoms with van der Waals surface area (Å²) in [4.78, 5) is 25.7. The maximum absolute atomic E-state index is 11.1. The van der Waals surface area contributed by atoms with E-state index in [0.717, 1.165) is 11.3 Å². The lowest BCUT2D eigenvalue weighted by molar-refractivity contribution is -0.118. The zero-order chi connectivity index (χ0) is 10.1. The largest absolute Gasteiger partial charge is 0.477 e. The van der Waals surface area contributed by atoms with Crippen LogP contribution in [0.5, 0.6) is 0 Å². The Bertz CT molecular complexity index is 412. The number of pyridine rings is 1. The summed E-state index contributed by atoms with van der Waals surface area (Å²) in [6.07, 6.45) is 1.43. The number of Topliss-reactive ketones (excluding diaryl/α,β-unsaturated/α-hetero) is 1. The maximum atomic E-state index is 11.1. The van der Waals surface area contributed by atoms with Gasteiger partial charge >= 0.3 is 5.97 Å². The molecule has 4 nitrogen and oxygen atoms in total. The van der Waals surface area contributed by atoms with Crippen LogP contribution in [-0.4, -0.2) is 21.8 Å². The Morgan fingerprint density at radius 3 is 2.86 bits per heavy atom. The van der Waals surface area contributed by atoms with Crippen LogP contribution in [0, 0.1) is 0 Å². The normalized spacial score (nSPS) is 15.0. The number of carboxylic acids is 1. The SMILES string of the molecule is O=C1CCc2nc(C(=O)O)ccc2C1. The zero-order valence-electron chi connectivity index (χ0n) is 7.49. The van der Waals surface area contributed by atoms with Crippen molar-refractivity contribution in [3.63, 3.8) is 0 Å². The number of carbonyl (C=O) groups excluding carboxylic acids is 1. The molecule has 0 bridgehead atoms. The van der Waals surface area contributed by atoms with E-state index in [1.165, 1.54) is 6.07 Å². The Morgan fingerprint density at radius 2 is 2.14 bits per heavy atom. The standard InChI is InChI=1S/C10H9NO3/c12-7-2-4-8-6(5-7)1-3-9(11-8)10(13)14/h1,3H,2,4-5H2,(H,13,14). The summed E-state index contributed by atoms with van der Waals surface area (Å²) in [5.41, 5.74) is 1.67. The molecular weight excluding hydrogens is 182 g/mol. The first-order valence-electron chi connectivity index (χ1n) is 4.40. The van der Waals surface area contributed by atoms with E-state index in [1.54, 1.807) is 6.07 Å². The van der Waals surface area contributed by atoms with Crippen LogP contribution in [0.25, 0.3) is 0 Å². The van der Waals surface area contributed by atoms with Gasteiger partial charge in [0, 0.05) is 18.5 Å².